The molecular weight excluding hydrogens is 435 g/mol. The summed E-state index contributed by atoms with van der Waals surface area (Å²) >= 11 is 1.81. The number of aliphatic hydroxyl groups is 1. The van der Waals surface area contributed by atoms with Gasteiger partial charge < -0.3 is 20.2 Å². The van der Waals surface area contributed by atoms with Crippen LogP contribution in [0, 0.1) is 5.92 Å². The second-order valence-corrected chi connectivity index (χ2v) is 7.30. The van der Waals surface area contributed by atoms with Crippen molar-refractivity contribution in [2.24, 2.45) is 10.9 Å². The van der Waals surface area contributed by atoms with Crippen molar-refractivity contribution in [3.63, 3.8) is 0 Å². The number of thiophene rings is 1. The maximum absolute atomic E-state index is 9.97. The van der Waals surface area contributed by atoms with Crippen molar-refractivity contribution in [2.75, 3.05) is 44.2 Å². The van der Waals surface area contributed by atoms with Gasteiger partial charge in [-0.25, -0.2) is 0 Å². The number of aliphatic imine (C=N–C) groups is 1. The van der Waals surface area contributed by atoms with Crippen molar-refractivity contribution in [3.05, 3.63) is 17.5 Å². The van der Waals surface area contributed by atoms with E-state index in [4.69, 9.17) is 4.99 Å². The highest BCUT2D eigenvalue weighted by Gasteiger charge is 2.26. The molecule has 2 fully saturated rings. The van der Waals surface area contributed by atoms with Crippen LogP contribution < -0.4 is 10.2 Å². The summed E-state index contributed by atoms with van der Waals surface area (Å²) < 4.78 is 0. The van der Waals surface area contributed by atoms with E-state index in [1.165, 1.54) is 5.00 Å². The van der Waals surface area contributed by atoms with Crippen molar-refractivity contribution >= 4 is 46.3 Å². The van der Waals surface area contributed by atoms with Crippen LogP contribution in [0.2, 0.25) is 0 Å². The third kappa shape index (κ3) is 4.98. The molecule has 1 aromatic rings. The van der Waals surface area contributed by atoms with Gasteiger partial charge in [0, 0.05) is 45.2 Å². The maximum Gasteiger partial charge on any atom is 0.194 e. The minimum absolute atomic E-state index is 0. The first-order valence-corrected chi connectivity index (χ1v) is 9.65. The van der Waals surface area contributed by atoms with Gasteiger partial charge in [0.15, 0.2) is 5.96 Å². The molecule has 24 heavy (non-hydrogen) atoms. The van der Waals surface area contributed by atoms with E-state index in [0.717, 1.165) is 64.5 Å². The summed E-state index contributed by atoms with van der Waals surface area (Å²) in [6.07, 6.45) is 3.03. The molecule has 2 heterocycles. The molecule has 1 saturated carbocycles. The van der Waals surface area contributed by atoms with Crippen LogP contribution in [0.4, 0.5) is 5.00 Å². The molecule has 7 heteroatoms. The van der Waals surface area contributed by atoms with Crippen LogP contribution in [0.1, 0.15) is 26.2 Å². The summed E-state index contributed by atoms with van der Waals surface area (Å²) in [5.41, 5.74) is 0. The highest BCUT2D eigenvalue weighted by Crippen LogP contribution is 2.26. The molecule has 0 amide bonds. The molecule has 1 aliphatic heterocycles. The van der Waals surface area contributed by atoms with E-state index in [0.29, 0.717) is 5.92 Å². The quantitative estimate of drug-likeness (QED) is 0.409. The monoisotopic (exact) mass is 464 g/mol. The minimum Gasteiger partial charge on any atom is -0.393 e. The zero-order valence-electron chi connectivity index (χ0n) is 14.4. The molecule has 0 spiro atoms. The van der Waals surface area contributed by atoms with Gasteiger partial charge in [0.1, 0.15) is 0 Å². The lowest BCUT2D eigenvalue weighted by molar-refractivity contribution is 0.136. The SMILES string of the molecule is CCNC(=NCC1CCCC1O)N1CCN(c2cccs2)CC1.I. The molecule has 2 atom stereocenters. The topological polar surface area (TPSA) is 51.1 Å². The number of nitrogens with zero attached hydrogens (tertiary/aromatic N) is 3. The van der Waals surface area contributed by atoms with Crippen LogP contribution in [0.5, 0.6) is 0 Å². The van der Waals surface area contributed by atoms with Crippen molar-refractivity contribution in [1.82, 2.24) is 10.2 Å². The molecule has 1 saturated heterocycles. The van der Waals surface area contributed by atoms with Crippen LogP contribution in [0.15, 0.2) is 22.5 Å². The number of anilines is 1. The smallest absolute Gasteiger partial charge is 0.194 e. The highest BCUT2D eigenvalue weighted by atomic mass is 127. The Hall–Kier alpha value is -0.540. The fourth-order valence-corrected chi connectivity index (χ4v) is 4.23. The molecule has 2 aliphatic rings. The van der Waals surface area contributed by atoms with Gasteiger partial charge in [-0.05, 0) is 37.3 Å². The van der Waals surface area contributed by atoms with Crippen LogP contribution in [-0.2, 0) is 0 Å². The molecule has 2 N–H and O–H groups in total. The predicted molar refractivity (Wildman–Crippen MR) is 113 cm³/mol. The lowest BCUT2D eigenvalue weighted by Crippen LogP contribution is -2.52. The summed E-state index contributed by atoms with van der Waals surface area (Å²) in [6, 6.07) is 4.31. The fraction of sp³-hybridized carbons (Fsp3) is 0.706. The number of hydrogen-bond acceptors (Lipinski definition) is 4. The largest absolute Gasteiger partial charge is 0.393 e. The molecule has 0 bridgehead atoms. The number of rotatable bonds is 4. The fourth-order valence-electron chi connectivity index (χ4n) is 3.45. The Bertz CT molecular complexity index is 503. The number of nitrogens with one attached hydrogen (secondary N) is 1. The molecule has 0 radical (unpaired) electrons. The van der Waals surface area contributed by atoms with E-state index in [1.807, 2.05) is 11.3 Å². The highest BCUT2D eigenvalue weighted by molar-refractivity contribution is 14.0. The number of piperazine rings is 1. The first-order valence-electron chi connectivity index (χ1n) is 8.77. The van der Waals surface area contributed by atoms with Crippen LogP contribution in [0.25, 0.3) is 0 Å². The summed E-state index contributed by atoms with van der Waals surface area (Å²) in [5.74, 6) is 1.36. The van der Waals surface area contributed by atoms with Crippen LogP contribution in [0.3, 0.4) is 0 Å². The van der Waals surface area contributed by atoms with Gasteiger partial charge in [0.2, 0.25) is 0 Å². The third-order valence-corrected chi connectivity index (χ3v) is 5.76. The predicted octanol–water partition coefficient (Wildman–Crippen LogP) is 2.61. The summed E-state index contributed by atoms with van der Waals surface area (Å²) in [4.78, 5) is 9.62. The van der Waals surface area contributed by atoms with Crippen molar-refractivity contribution in [1.29, 1.82) is 0 Å². The molecule has 0 aromatic carbocycles. The van der Waals surface area contributed by atoms with Crippen LogP contribution >= 0.6 is 35.3 Å². The Morgan fingerprint density at radius 3 is 2.71 bits per heavy atom. The van der Waals surface area contributed by atoms with Gasteiger partial charge in [-0.1, -0.05) is 6.42 Å². The van der Waals surface area contributed by atoms with E-state index in [1.54, 1.807) is 0 Å². The van der Waals surface area contributed by atoms with Gasteiger partial charge in [0.25, 0.3) is 0 Å². The Balaban J connectivity index is 0.00000208. The lowest BCUT2D eigenvalue weighted by atomic mass is 10.1. The molecule has 5 nitrogen and oxygen atoms in total. The Kier molecular flexibility index (Phi) is 8.09. The van der Waals surface area contributed by atoms with E-state index < -0.39 is 0 Å². The van der Waals surface area contributed by atoms with Crippen LogP contribution in [-0.4, -0.2) is 61.3 Å². The molecular formula is C17H29IN4OS. The first kappa shape index (κ1) is 19.8. The van der Waals surface area contributed by atoms with E-state index in [9.17, 15) is 5.11 Å². The summed E-state index contributed by atoms with van der Waals surface area (Å²) in [7, 11) is 0. The number of halogens is 1. The minimum atomic E-state index is -0.155. The summed E-state index contributed by atoms with van der Waals surface area (Å²) in [5, 5.41) is 16.9. The molecule has 136 valence electrons. The second kappa shape index (κ2) is 9.82. The van der Waals surface area contributed by atoms with E-state index in [-0.39, 0.29) is 30.1 Å². The zero-order chi connectivity index (χ0) is 16.1. The Morgan fingerprint density at radius 1 is 1.33 bits per heavy atom. The van der Waals surface area contributed by atoms with Gasteiger partial charge >= 0.3 is 0 Å². The zero-order valence-corrected chi connectivity index (χ0v) is 17.5. The lowest BCUT2D eigenvalue weighted by Gasteiger charge is -2.37. The number of guanidine groups is 1. The number of aliphatic hydroxyl groups excluding tert-OH is 1. The second-order valence-electron chi connectivity index (χ2n) is 6.38. The van der Waals surface area contributed by atoms with E-state index in [2.05, 4.69) is 39.6 Å². The Morgan fingerprint density at radius 2 is 2.12 bits per heavy atom. The normalized spacial score (nSPS) is 24.8. The Labute approximate surface area is 166 Å². The third-order valence-electron chi connectivity index (χ3n) is 4.83. The average Bonchev–Trinajstić information content (AvgIpc) is 3.24. The van der Waals surface area contributed by atoms with Gasteiger partial charge in [-0.3, -0.25) is 4.99 Å². The van der Waals surface area contributed by atoms with E-state index >= 15 is 0 Å². The van der Waals surface area contributed by atoms with Crippen molar-refractivity contribution < 1.29 is 5.11 Å². The summed E-state index contributed by atoms with van der Waals surface area (Å²) in [6.45, 7) is 7.82. The molecule has 1 aliphatic carbocycles. The average molecular weight is 464 g/mol. The first-order chi connectivity index (χ1) is 11.3. The molecule has 3 rings (SSSR count). The molecule has 1 aromatic heterocycles. The standard InChI is InChI=1S/C17H28N4OS.HI/c1-2-18-17(19-13-14-5-3-6-15(14)22)21-10-8-20(9-11-21)16-7-4-12-23-16;/h4,7,12,14-15,22H,2-3,5-6,8-11,13H2,1H3,(H,18,19);1H. The molecule has 2 unspecified atom stereocenters. The van der Waals surface area contributed by atoms with Gasteiger partial charge in [-0.2, -0.15) is 0 Å². The van der Waals surface area contributed by atoms with Gasteiger partial charge in [0.05, 0.1) is 11.1 Å². The van der Waals surface area contributed by atoms with Crippen molar-refractivity contribution in [2.45, 2.75) is 32.3 Å². The maximum atomic E-state index is 9.97. The van der Waals surface area contributed by atoms with Gasteiger partial charge in [-0.15, -0.1) is 35.3 Å². The number of hydrogen-bond donors (Lipinski definition) is 2. The van der Waals surface area contributed by atoms with Crippen molar-refractivity contribution in [3.8, 4) is 0 Å².